The van der Waals surface area contributed by atoms with E-state index >= 15 is 0 Å². The number of piperazine rings is 1. The summed E-state index contributed by atoms with van der Waals surface area (Å²) in [6, 6.07) is 4.98. The highest BCUT2D eigenvalue weighted by molar-refractivity contribution is 5.91. The summed E-state index contributed by atoms with van der Waals surface area (Å²) in [7, 11) is 0. The summed E-state index contributed by atoms with van der Waals surface area (Å²) < 4.78 is 0. The number of nitrogens with one attached hydrogen (secondary N) is 3. The number of imidazole rings is 1. The summed E-state index contributed by atoms with van der Waals surface area (Å²) in [4.78, 5) is 56.4. The van der Waals surface area contributed by atoms with Gasteiger partial charge in [0.1, 0.15) is 6.04 Å². The third-order valence-electron chi connectivity index (χ3n) is 5.17. The fourth-order valence-corrected chi connectivity index (χ4v) is 3.67. The maximum Gasteiger partial charge on any atom is 0.323 e. The highest BCUT2D eigenvalue weighted by atomic mass is 16.2. The molecule has 2 aliphatic heterocycles. The van der Waals surface area contributed by atoms with E-state index in [1.165, 1.54) is 0 Å². The van der Waals surface area contributed by atoms with Crippen LogP contribution in [0, 0.1) is 0 Å². The second-order valence-electron chi connectivity index (χ2n) is 7.00. The number of hydrogen-bond donors (Lipinski definition) is 3. The first-order valence-corrected chi connectivity index (χ1v) is 9.06. The van der Waals surface area contributed by atoms with Gasteiger partial charge in [0.2, 0.25) is 17.7 Å². The van der Waals surface area contributed by atoms with E-state index in [0.29, 0.717) is 50.1 Å². The largest absolute Gasteiger partial charge is 0.344 e. The summed E-state index contributed by atoms with van der Waals surface area (Å²) >= 11 is 0. The van der Waals surface area contributed by atoms with E-state index in [2.05, 4.69) is 15.3 Å². The highest BCUT2D eigenvalue weighted by Crippen LogP contribution is 2.14. The molecule has 3 N–H and O–H groups in total. The Balaban J connectivity index is 1.33. The second-order valence-corrected chi connectivity index (χ2v) is 7.00. The summed E-state index contributed by atoms with van der Waals surface area (Å²) in [6.07, 6.45) is 1.18. The third-order valence-corrected chi connectivity index (χ3v) is 5.17. The van der Waals surface area contributed by atoms with Crippen LogP contribution in [0.25, 0.3) is 11.0 Å². The quantitative estimate of drug-likeness (QED) is 0.664. The number of rotatable bonds is 3. The Morgan fingerprint density at radius 1 is 1.00 bits per heavy atom. The molecule has 3 heterocycles. The van der Waals surface area contributed by atoms with Crippen LogP contribution in [0.3, 0.4) is 0 Å². The Morgan fingerprint density at radius 2 is 1.70 bits per heavy atom. The molecule has 142 valence electrons. The lowest BCUT2D eigenvalue weighted by Gasteiger charge is -2.36. The number of carbonyl (C=O) groups is 3. The van der Waals surface area contributed by atoms with Crippen LogP contribution in [-0.4, -0.2) is 69.7 Å². The van der Waals surface area contributed by atoms with Gasteiger partial charge in [0.25, 0.3) is 0 Å². The van der Waals surface area contributed by atoms with Gasteiger partial charge in [-0.25, -0.2) is 4.79 Å². The van der Waals surface area contributed by atoms with Crippen molar-refractivity contribution in [1.82, 2.24) is 25.1 Å². The monoisotopic (exact) mass is 371 g/mol. The van der Waals surface area contributed by atoms with Crippen LogP contribution < -0.4 is 11.0 Å². The van der Waals surface area contributed by atoms with Crippen molar-refractivity contribution in [3.05, 3.63) is 34.2 Å². The molecule has 0 saturated carbocycles. The van der Waals surface area contributed by atoms with Crippen molar-refractivity contribution in [2.24, 2.45) is 0 Å². The zero-order valence-corrected chi connectivity index (χ0v) is 14.8. The lowest BCUT2D eigenvalue weighted by Crippen LogP contribution is -2.54. The Bertz CT molecular complexity index is 954. The molecule has 1 atom stereocenters. The molecule has 1 aromatic heterocycles. The SMILES string of the molecule is O=C1CCC(C(=O)N2CCN(C(=O)Cc3ccc4[nH]c(=O)[nH]c4c3)CC2)N1. The lowest BCUT2D eigenvalue weighted by molar-refractivity contribution is -0.140. The summed E-state index contributed by atoms with van der Waals surface area (Å²) in [5, 5.41) is 2.70. The van der Waals surface area contributed by atoms with E-state index in [1.807, 2.05) is 6.07 Å². The average Bonchev–Trinajstić information content (AvgIpc) is 3.25. The van der Waals surface area contributed by atoms with Gasteiger partial charge in [-0.1, -0.05) is 6.07 Å². The van der Waals surface area contributed by atoms with Gasteiger partial charge in [-0.05, 0) is 24.1 Å². The Labute approximate surface area is 154 Å². The molecule has 0 spiro atoms. The van der Waals surface area contributed by atoms with Crippen LogP contribution in [0.5, 0.6) is 0 Å². The van der Waals surface area contributed by atoms with E-state index in [1.54, 1.807) is 21.9 Å². The number of amides is 3. The Morgan fingerprint density at radius 3 is 2.41 bits per heavy atom. The van der Waals surface area contributed by atoms with Gasteiger partial charge >= 0.3 is 5.69 Å². The standard InChI is InChI=1S/C18H21N5O4/c24-15-4-3-13(19-15)17(26)23-7-5-22(6-8-23)16(25)10-11-1-2-12-14(9-11)21-18(27)20-12/h1-2,9,13H,3-8,10H2,(H,19,24)(H2,20,21,27). The van der Waals surface area contributed by atoms with Crippen LogP contribution in [0.2, 0.25) is 0 Å². The van der Waals surface area contributed by atoms with Crippen molar-refractivity contribution in [3.63, 3.8) is 0 Å². The minimum atomic E-state index is -0.421. The molecule has 9 nitrogen and oxygen atoms in total. The maximum absolute atomic E-state index is 12.6. The number of aromatic nitrogens is 2. The zero-order valence-electron chi connectivity index (χ0n) is 14.8. The lowest BCUT2D eigenvalue weighted by atomic mass is 10.1. The predicted octanol–water partition coefficient (Wildman–Crippen LogP) is -0.652. The highest BCUT2D eigenvalue weighted by Gasteiger charge is 2.32. The smallest absolute Gasteiger partial charge is 0.323 e. The average molecular weight is 371 g/mol. The molecular weight excluding hydrogens is 350 g/mol. The van der Waals surface area contributed by atoms with Crippen LogP contribution in [0.15, 0.2) is 23.0 Å². The van der Waals surface area contributed by atoms with Gasteiger partial charge < -0.3 is 25.1 Å². The number of benzene rings is 1. The van der Waals surface area contributed by atoms with Crippen molar-refractivity contribution in [2.75, 3.05) is 26.2 Å². The van der Waals surface area contributed by atoms with Crippen molar-refractivity contribution in [2.45, 2.75) is 25.3 Å². The molecule has 2 aromatic rings. The predicted molar refractivity (Wildman–Crippen MR) is 96.9 cm³/mol. The first kappa shape index (κ1) is 17.3. The molecule has 0 aliphatic carbocycles. The summed E-state index contributed by atoms with van der Waals surface area (Å²) in [6.45, 7) is 1.91. The van der Waals surface area contributed by atoms with Crippen molar-refractivity contribution in [3.8, 4) is 0 Å². The van der Waals surface area contributed by atoms with Crippen LogP contribution in [0.4, 0.5) is 0 Å². The molecule has 2 aliphatic rings. The van der Waals surface area contributed by atoms with Crippen molar-refractivity contribution < 1.29 is 14.4 Å². The molecule has 1 aromatic carbocycles. The molecular formula is C18H21N5O4. The number of carbonyl (C=O) groups excluding carboxylic acids is 3. The fourth-order valence-electron chi connectivity index (χ4n) is 3.67. The van der Waals surface area contributed by atoms with Crippen LogP contribution in [0.1, 0.15) is 18.4 Å². The van der Waals surface area contributed by atoms with Gasteiger partial charge in [0.05, 0.1) is 17.5 Å². The molecule has 0 radical (unpaired) electrons. The molecule has 4 rings (SSSR count). The molecule has 1 unspecified atom stereocenters. The maximum atomic E-state index is 12.6. The molecule has 9 heteroatoms. The van der Waals surface area contributed by atoms with E-state index in [0.717, 1.165) is 5.56 Å². The first-order chi connectivity index (χ1) is 13.0. The zero-order chi connectivity index (χ0) is 19.0. The van der Waals surface area contributed by atoms with Crippen LogP contribution in [-0.2, 0) is 20.8 Å². The third kappa shape index (κ3) is 3.57. The minimum Gasteiger partial charge on any atom is -0.344 e. The van der Waals surface area contributed by atoms with Gasteiger partial charge in [-0.15, -0.1) is 0 Å². The first-order valence-electron chi connectivity index (χ1n) is 9.06. The summed E-state index contributed by atoms with van der Waals surface area (Å²) in [5.41, 5.74) is 1.95. The van der Waals surface area contributed by atoms with Gasteiger partial charge in [-0.3, -0.25) is 14.4 Å². The van der Waals surface area contributed by atoms with Gasteiger partial charge in [0.15, 0.2) is 0 Å². The van der Waals surface area contributed by atoms with Crippen molar-refractivity contribution in [1.29, 1.82) is 0 Å². The van der Waals surface area contributed by atoms with Gasteiger partial charge in [0, 0.05) is 32.6 Å². The van der Waals surface area contributed by atoms with E-state index in [-0.39, 0.29) is 29.8 Å². The topological polar surface area (TPSA) is 118 Å². The number of aromatic amines is 2. The van der Waals surface area contributed by atoms with Crippen LogP contribution >= 0.6 is 0 Å². The van der Waals surface area contributed by atoms with E-state index < -0.39 is 6.04 Å². The summed E-state index contributed by atoms with van der Waals surface area (Å²) in [5.74, 6) is -0.147. The van der Waals surface area contributed by atoms with Crippen molar-refractivity contribution >= 4 is 28.8 Å². The molecule has 27 heavy (non-hydrogen) atoms. The van der Waals surface area contributed by atoms with Gasteiger partial charge in [-0.2, -0.15) is 0 Å². The normalized spacial score (nSPS) is 20.1. The van der Waals surface area contributed by atoms with E-state index in [9.17, 15) is 19.2 Å². The molecule has 2 fully saturated rings. The number of fused-ring (bicyclic) bond motifs is 1. The molecule has 2 saturated heterocycles. The minimum absolute atomic E-state index is 0.00602. The molecule has 3 amide bonds. The number of hydrogen-bond acceptors (Lipinski definition) is 4. The second kappa shape index (κ2) is 6.90. The molecule has 0 bridgehead atoms. The Kier molecular flexibility index (Phi) is 4.43. The Hall–Kier alpha value is -3.10. The van der Waals surface area contributed by atoms with E-state index in [4.69, 9.17) is 0 Å². The number of H-pyrrole nitrogens is 2. The number of nitrogens with zero attached hydrogens (tertiary/aromatic N) is 2. The fraction of sp³-hybridized carbons (Fsp3) is 0.444.